The van der Waals surface area contributed by atoms with E-state index in [0.717, 1.165) is 12.8 Å². The van der Waals surface area contributed by atoms with E-state index in [-0.39, 0.29) is 0 Å². The second-order valence-electron chi connectivity index (χ2n) is 5.01. The predicted octanol–water partition coefficient (Wildman–Crippen LogP) is 5.09. The van der Waals surface area contributed by atoms with Gasteiger partial charge in [0.2, 0.25) is 0 Å². The summed E-state index contributed by atoms with van der Waals surface area (Å²) in [5.41, 5.74) is 8.47. The van der Waals surface area contributed by atoms with Gasteiger partial charge in [0.15, 0.2) is 0 Å². The molecule has 0 radical (unpaired) electrons. The van der Waals surface area contributed by atoms with Crippen LogP contribution in [0.15, 0.2) is 54.3 Å². The fourth-order valence-corrected chi connectivity index (χ4v) is 2.41. The number of hydrogen-bond donors (Lipinski definition) is 0. The molecule has 0 amide bonds. The highest BCUT2D eigenvalue weighted by Gasteiger charge is 2.06. The Hall–Kier alpha value is -1.98. The highest BCUT2D eigenvalue weighted by atomic mass is 14.9. The van der Waals surface area contributed by atoms with Gasteiger partial charge >= 0.3 is 0 Å². The third-order valence-electron chi connectivity index (χ3n) is 3.46. The summed E-state index contributed by atoms with van der Waals surface area (Å²) in [7, 11) is 2.11. The maximum Gasteiger partial charge on any atom is 0.0523 e. The van der Waals surface area contributed by atoms with Gasteiger partial charge in [-0.15, -0.1) is 12.3 Å². The Morgan fingerprint density at radius 1 is 1.32 bits per heavy atom. The van der Waals surface area contributed by atoms with E-state index in [1.165, 1.54) is 27.7 Å². The van der Waals surface area contributed by atoms with Crippen LogP contribution in [0.1, 0.15) is 32.4 Å². The van der Waals surface area contributed by atoms with Gasteiger partial charge in [0, 0.05) is 23.5 Å². The zero-order valence-electron chi connectivity index (χ0n) is 12.0. The molecule has 1 aromatic carbocycles. The minimum Gasteiger partial charge on any atom is -0.343 e. The monoisotopic (exact) mass is 251 g/mol. The van der Waals surface area contributed by atoms with Crippen LogP contribution >= 0.6 is 0 Å². The van der Waals surface area contributed by atoms with Crippen LogP contribution in [0.3, 0.4) is 0 Å². The summed E-state index contributed by atoms with van der Waals surface area (Å²) in [6, 6.07) is 10.7. The molecule has 98 valence electrons. The average Bonchev–Trinajstić information content (AvgIpc) is 2.74. The Balaban J connectivity index is 2.46. The SMILES string of the molecule is C=CCCC(C)=C=C(C)c1cc2ccccc2n1C. The number of aryl methyl sites for hydroxylation is 1. The van der Waals surface area contributed by atoms with Crippen molar-refractivity contribution in [3.63, 3.8) is 0 Å². The van der Waals surface area contributed by atoms with Crippen LogP contribution in [0, 0.1) is 0 Å². The van der Waals surface area contributed by atoms with Crippen LogP contribution in [0.25, 0.3) is 16.5 Å². The molecule has 0 saturated carbocycles. The second kappa shape index (κ2) is 5.77. The second-order valence-corrected chi connectivity index (χ2v) is 5.01. The van der Waals surface area contributed by atoms with Crippen molar-refractivity contribution < 1.29 is 0 Å². The van der Waals surface area contributed by atoms with E-state index in [1.807, 2.05) is 6.08 Å². The molecule has 2 rings (SSSR count). The largest absolute Gasteiger partial charge is 0.343 e. The van der Waals surface area contributed by atoms with Crippen LogP contribution in [0.4, 0.5) is 0 Å². The lowest BCUT2D eigenvalue weighted by atomic mass is 10.1. The molecule has 1 nitrogen and oxygen atoms in total. The predicted molar refractivity (Wildman–Crippen MR) is 84.1 cm³/mol. The van der Waals surface area contributed by atoms with E-state index in [0.29, 0.717) is 0 Å². The third kappa shape index (κ3) is 2.89. The lowest BCUT2D eigenvalue weighted by Gasteiger charge is -2.03. The number of nitrogens with zero attached hydrogens (tertiary/aromatic N) is 1. The molecule has 19 heavy (non-hydrogen) atoms. The van der Waals surface area contributed by atoms with Crippen molar-refractivity contribution in [2.24, 2.45) is 7.05 Å². The highest BCUT2D eigenvalue weighted by Crippen LogP contribution is 2.23. The summed E-state index contributed by atoms with van der Waals surface area (Å²) in [5, 5.41) is 1.28. The zero-order valence-corrected chi connectivity index (χ0v) is 12.0. The molecule has 0 spiro atoms. The zero-order chi connectivity index (χ0) is 13.8. The number of para-hydroxylation sites is 1. The number of rotatable bonds is 4. The van der Waals surface area contributed by atoms with E-state index < -0.39 is 0 Å². The molecule has 0 aliphatic rings. The number of hydrogen-bond acceptors (Lipinski definition) is 0. The molecule has 0 fully saturated rings. The summed E-state index contributed by atoms with van der Waals surface area (Å²) in [4.78, 5) is 0. The Labute approximate surface area is 115 Å². The van der Waals surface area contributed by atoms with Crippen LogP contribution in [-0.2, 0) is 7.05 Å². The Bertz CT molecular complexity index is 664. The van der Waals surface area contributed by atoms with Gasteiger partial charge < -0.3 is 4.57 Å². The van der Waals surface area contributed by atoms with E-state index in [1.54, 1.807) is 0 Å². The van der Waals surface area contributed by atoms with E-state index in [2.05, 4.69) is 68.1 Å². The number of fused-ring (bicyclic) bond motifs is 1. The van der Waals surface area contributed by atoms with E-state index in [4.69, 9.17) is 0 Å². The van der Waals surface area contributed by atoms with Crippen molar-refractivity contribution >= 4 is 16.5 Å². The fraction of sp³-hybridized carbons (Fsp3) is 0.278. The van der Waals surface area contributed by atoms with E-state index in [9.17, 15) is 0 Å². The Morgan fingerprint density at radius 2 is 2.05 bits per heavy atom. The summed E-state index contributed by atoms with van der Waals surface area (Å²) in [6.45, 7) is 8.03. The van der Waals surface area contributed by atoms with Gasteiger partial charge in [-0.25, -0.2) is 0 Å². The first-order chi connectivity index (χ1) is 9.13. The molecule has 0 atom stereocenters. The number of allylic oxidation sites excluding steroid dienone is 2. The molecule has 0 aliphatic carbocycles. The molecule has 1 heterocycles. The summed E-state index contributed by atoms with van der Waals surface area (Å²) >= 11 is 0. The quantitative estimate of drug-likeness (QED) is 0.526. The van der Waals surface area contributed by atoms with E-state index >= 15 is 0 Å². The molecule has 0 aliphatic heterocycles. The molecular formula is C18H21N. The first-order valence-corrected chi connectivity index (χ1v) is 6.72. The van der Waals surface area contributed by atoms with Crippen LogP contribution in [-0.4, -0.2) is 4.57 Å². The van der Waals surface area contributed by atoms with Gasteiger partial charge in [-0.1, -0.05) is 24.3 Å². The Morgan fingerprint density at radius 3 is 2.74 bits per heavy atom. The van der Waals surface area contributed by atoms with Crippen LogP contribution < -0.4 is 0 Å². The van der Waals surface area contributed by atoms with Crippen molar-refractivity contribution in [2.75, 3.05) is 0 Å². The van der Waals surface area contributed by atoms with Crippen LogP contribution in [0.2, 0.25) is 0 Å². The topological polar surface area (TPSA) is 4.93 Å². The normalized spacial score (nSPS) is 10.3. The maximum atomic E-state index is 3.76. The van der Waals surface area contributed by atoms with Crippen LogP contribution in [0.5, 0.6) is 0 Å². The minimum absolute atomic E-state index is 1.02. The molecule has 0 N–H and O–H groups in total. The number of aromatic nitrogens is 1. The summed E-state index contributed by atoms with van der Waals surface area (Å²) in [6.07, 6.45) is 4.00. The molecule has 0 bridgehead atoms. The van der Waals surface area contributed by atoms with Gasteiger partial charge in [-0.05, 0) is 44.4 Å². The molecule has 0 unspecified atom stereocenters. The highest BCUT2D eigenvalue weighted by molar-refractivity contribution is 5.85. The van der Waals surface area contributed by atoms with Gasteiger partial charge in [0.05, 0.1) is 5.69 Å². The van der Waals surface area contributed by atoms with Gasteiger partial charge in [-0.3, -0.25) is 0 Å². The smallest absolute Gasteiger partial charge is 0.0523 e. The molecule has 0 saturated heterocycles. The lowest BCUT2D eigenvalue weighted by molar-refractivity contribution is 0.945. The third-order valence-corrected chi connectivity index (χ3v) is 3.46. The molecular weight excluding hydrogens is 230 g/mol. The van der Waals surface area contributed by atoms with Crippen molar-refractivity contribution in [3.8, 4) is 0 Å². The van der Waals surface area contributed by atoms with Crippen molar-refractivity contribution in [2.45, 2.75) is 26.7 Å². The Kier molecular flexibility index (Phi) is 4.09. The molecule has 1 heteroatoms. The summed E-state index contributed by atoms with van der Waals surface area (Å²) < 4.78 is 2.23. The van der Waals surface area contributed by atoms with Crippen molar-refractivity contribution in [3.05, 3.63) is 60.0 Å². The fourth-order valence-electron chi connectivity index (χ4n) is 2.41. The lowest BCUT2D eigenvalue weighted by Crippen LogP contribution is -1.92. The van der Waals surface area contributed by atoms with Gasteiger partial charge in [0.1, 0.15) is 0 Å². The summed E-state index contributed by atoms with van der Waals surface area (Å²) in [5.74, 6) is 0. The molecule has 2 aromatic rings. The average molecular weight is 251 g/mol. The van der Waals surface area contributed by atoms with Gasteiger partial charge in [-0.2, -0.15) is 0 Å². The first-order valence-electron chi connectivity index (χ1n) is 6.72. The van der Waals surface area contributed by atoms with Crippen molar-refractivity contribution in [1.29, 1.82) is 0 Å². The first kappa shape index (κ1) is 13.5. The molecule has 1 aromatic heterocycles. The standard InChI is InChI=1S/C18H21N/c1-5-6-9-14(2)12-15(3)18-13-16-10-7-8-11-17(16)19(18)4/h5,7-8,10-11,13H,1,6,9H2,2-4H3. The number of benzene rings is 1. The minimum atomic E-state index is 1.02. The van der Waals surface area contributed by atoms with Crippen molar-refractivity contribution in [1.82, 2.24) is 4.57 Å². The van der Waals surface area contributed by atoms with Gasteiger partial charge in [0.25, 0.3) is 0 Å². The maximum absolute atomic E-state index is 3.76.